The number of carbonyl (C=O) groups excluding carboxylic acids is 1. The molecule has 0 unspecified atom stereocenters. The molecule has 1 aliphatic heterocycles. The van der Waals surface area contributed by atoms with Gasteiger partial charge in [-0.1, -0.05) is 63.9 Å². The van der Waals surface area contributed by atoms with E-state index in [1.807, 2.05) is 73.7 Å². The molecule has 7 heteroatoms. The number of hydrogen-bond donors (Lipinski definition) is 1. The highest BCUT2D eigenvalue weighted by Gasteiger charge is 2.24. The number of rotatable bonds is 5. The fourth-order valence-electron chi connectivity index (χ4n) is 2.86. The van der Waals surface area contributed by atoms with Crippen LogP contribution in [-0.2, 0) is 11.4 Å². The Labute approximate surface area is 198 Å². The number of amides is 1. The van der Waals surface area contributed by atoms with Gasteiger partial charge in [0.05, 0.1) is 10.6 Å². The molecule has 1 saturated heterocycles. The normalized spacial score (nSPS) is 16.0. The topological polar surface area (TPSA) is 50.7 Å². The van der Waals surface area contributed by atoms with Gasteiger partial charge in [-0.25, -0.2) is 4.99 Å². The number of amidine groups is 1. The Bertz CT molecular complexity index is 1190. The second-order valence-electron chi connectivity index (χ2n) is 6.87. The van der Waals surface area contributed by atoms with Gasteiger partial charge in [0.2, 0.25) is 0 Å². The molecule has 1 heterocycles. The number of para-hydroxylation sites is 1. The van der Waals surface area contributed by atoms with Crippen molar-refractivity contribution in [3.05, 3.63) is 97.8 Å². The van der Waals surface area contributed by atoms with Crippen molar-refractivity contribution >= 4 is 62.1 Å². The predicted octanol–water partition coefficient (Wildman–Crippen LogP) is 6.88. The first-order valence-electron chi connectivity index (χ1n) is 9.50. The molecule has 0 saturated carbocycles. The molecule has 4 rings (SSSR count). The van der Waals surface area contributed by atoms with E-state index in [1.165, 1.54) is 11.8 Å². The third-order valence-electron chi connectivity index (χ3n) is 4.55. The van der Waals surface area contributed by atoms with Crippen molar-refractivity contribution in [1.29, 1.82) is 0 Å². The minimum Gasteiger partial charge on any atom is -0.488 e. The second kappa shape index (κ2) is 9.73. The van der Waals surface area contributed by atoms with Crippen LogP contribution in [0.5, 0.6) is 5.75 Å². The van der Waals surface area contributed by atoms with Crippen molar-refractivity contribution < 1.29 is 9.53 Å². The van der Waals surface area contributed by atoms with E-state index in [9.17, 15) is 4.79 Å². The first-order valence-corrected chi connectivity index (χ1v) is 11.5. The van der Waals surface area contributed by atoms with Gasteiger partial charge in [-0.15, -0.1) is 0 Å². The largest absolute Gasteiger partial charge is 0.488 e. The number of nitrogens with zero attached hydrogens (tertiary/aromatic N) is 1. The molecule has 0 radical (unpaired) electrons. The molecule has 156 valence electrons. The van der Waals surface area contributed by atoms with Crippen LogP contribution < -0.4 is 10.1 Å². The second-order valence-corrected chi connectivity index (χ2v) is 9.22. The van der Waals surface area contributed by atoms with E-state index in [1.54, 1.807) is 6.07 Å². The molecular formula is C24H18BrClN2O2S. The van der Waals surface area contributed by atoms with Gasteiger partial charge in [-0.2, -0.15) is 0 Å². The summed E-state index contributed by atoms with van der Waals surface area (Å²) in [5, 5.41) is 3.97. The number of aryl methyl sites for hydroxylation is 1. The van der Waals surface area contributed by atoms with Crippen molar-refractivity contribution in [2.45, 2.75) is 13.5 Å². The standard InChI is InChI=1S/C24H18BrClN2O2S/c1-15-6-11-19(13-20(15)26)27-24-28-23(29)22(31-24)12-17-4-2-3-5-21(17)30-14-16-7-9-18(25)10-8-16/h2-13H,14H2,1H3,(H,27,28,29)/b22-12-. The third-order valence-corrected chi connectivity index (χ3v) is 6.40. The number of hydrogen-bond acceptors (Lipinski definition) is 4. The monoisotopic (exact) mass is 512 g/mol. The molecule has 0 aliphatic carbocycles. The summed E-state index contributed by atoms with van der Waals surface area (Å²) in [6.07, 6.45) is 1.82. The Kier molecular flexibility index (Phi) is 6.80. The highest BCUT2D eigenvalue weighted by molar-refractivity contribution is 9.10. The molecular weight excluding hydrogens is 496 g/mol. The Hall–Kier alpha value is -2.54. The maximum atomic E-state index is 12.5. The van der Waals surface area contributed by atoms with Crippen LogP contribution in [0.2, 0.25) is 5.02 Å². The van der Waals surface area contributed by atoms with E-state index >= 15 is 0 Å². The summed E-state index contributed by atoms with van der Waals surface area (Å²) in [7, 11) is 0. The Morgan fingerprint density at radius 2 is 1.90 bits per heavy atom. The van der Waals surface area contributed by atoms with Gasteiger partial charge >= 0.3 is 0 Å². The van der Waals surface area contributed by atoms with Gasteiger partial charge in [0.1, 0.15) is 12.4 Å². The van der Waals surface area contributed by atoms with E-state index in [0.29, 0.717) is 33.1 Å². The lowest BCUT2D eigenvalue weighted by Gasteiger charge is -2.09. The molecule has 1 amide bonds. The summed E-state index contributed by atoms with van der Waals surface area (Å²) in [5.74, 6) is 0.520. The minimum absolute atomic E-state index is 0.190. The van der Waals surface area contributed by atoms with Crippen molar-refractivity contribution in [3.63, 3.8) is 0 Å². The zero-order valence-electron chi connectivity index (χ0n) is 16.6. The highest BCUT2D eigenvalue weighted by Crippen LogP contribution is 2.31. The molecule has 0 spiro atoms. The van der Waals surface area contributed by atoms with E-state index in [2.05, 4.69) is 26.2 Å². The fourth-order valence-corrected chi connectivity index (χ4v) is 4.14. The molecule has 4 nitrogen and oxygen atoms in total. The predicted molar refractivity (Wildman–Crippen MR) is 132 cm³/mol. The van der Waals surface area contributed by atoms with Crippen LogP contribution in [0.4, 0.5) is 5.69 Å². The van der Waals surface area contributed by atoms with Crippen LogP contribution >= 0.6 is 39.3 Å². The highest BCUT2D eigenvalue weighted by atomic mass is 79.9. The van der Waals surface area contributed by atoms with Gasteiger partial charge in [-0.3, -0.25) is 4.79 Å². The van der Waals surface area contributed by atoms with Gasteiger partial charge in [0.25, 0.3) is 5.91 Å². The molecule has 1 fully saturated rings. The number of nitrogens with one attached hydrogen (secondary N) is 1. The lowest BCUT2D eigenvalue weighted by Crippen LogP contribution is -2.19. The Morgan fingerprint density at radius 1 is 1.13 bits per heavy atom. The lowest BCUT2D eigenvalue weighted by atomic mass is 10.2. The fraction of sp³-hybridized carbons (Fsp3) is 0.0833. The molecule has 3 aromatic rings. The molecule has 3 aromatic carbocycles. The number of carbonyl (C=O) groups is 1. The van der Waals surface area contributed by atoms with Crippen molar-refractivity contribution in [3.8, 4) is 5.75 Å². The van der Waals surface area contributed by atoms with Crippen LogP contribution in [0, 0.1) is 6.92 Å². The van der Waals surface area contributed by atoms with Gasteiger partial charge in [0, 0.05) is 15.1 Å². The maximum absolute atomic E-state index is 12.5. The summed E-state index contributed by atoms with van der Waals surface area (Å²) < 4.78 is 7.03. The molecule has 1 N–H and O–H groups in total. The van der Waals surface area contributed by atoms with Crippen LogP contribution in [0.25, 0.3) is 6.08 Å². The van der Waals surface area contributed by atoms with Crippen LogP contribution in [0.1, 0.15) is 16.7 Å². The summed E-state index contributed by atoms with van der Waals surface area (Å²) in [6, 6.07) is 21.2. The first kappa shape index (κ1) is 21.7. The van der Waals surface area contributed by atoms with Gasteiger partial charge in [-0.05, 0) is 66.2 Å². The number of ether oxygens (including phenoxy) is 1. The van der Waals surface area contributed by atoms with Crippen LogP contribution in [-0.4, -0.2) is 11.1 Å². The summed E-state index contributed by atoms with van der Waals surface area (Å²) in [6.45, 7) is 2.37. The summed E-state index contributed by atoms with van der Waals surface area (Å²) in [4.78, 5) is 17.5. The van der Waals surface area contributed by atoms with Crippen molar-refractivity contribution in [2.24, 2.45) is 4.99 Å². The van der Waals surface area contributed by atoms with Crippen LogP contribution in [0.15, 0.2) is 81.1 Å². The molecule has 31 heavy (non-hydrogen) atoms. The third kappa shape index (κ3) is 5.58. The average Bonchev–Trinajstić information content (AvgIpc) is 3.10. The number of halogens is 2. The minimum atomic E-state index is -0.190. The van der Waals surface area contributed by atoms with Crippen molar-refractivity contribution in [2.75, 3.05) is 0 Å². The average molecular weight is 514 g/mol. The van der Waals surface area contributed by atoms with Crippen molar-refractivity contribution in [1.82, 2.24) is 5.32 Å². The van der Waals surface area contributed by atoms with E-state index in [4.69, 9.17) is 16.3 Å². The van der Waals surface area contributed by atoms with Gasteiger partial charge in [0.15, 0.2) is 5.17 Å². The van der Waals surface area contributed by atoms with Crippen LogP contribution in [0.3, 0.4) is 0 Å². The summed E-state index contributed by atoms with van der Waals surface area (Å²) >= 11 is 10.9. The number of benzene rings is 3. The SMILES string of the molecule is Cc1ccc(N=C2NC(=O)/C(=C/c3ccccc3OCc3ccc(Br)cc3)S2)cc1Cl. The lowest BCUT2D eigenvalue weighted by molar-refractivity contribution is -0.115. The molecule has 0 aromatic heterocycles. The Balaban J connectivity index is 1.51. The van der Waals surface area contributed by atoms with E-state index in [0.717, 1.165) is 21.2 Å². The number of thioether (sulfide) groups is 1. The van der Waals surface area contributed by atoms with E-state index in [-0.39, 0.29) is 5.91 Å². The smallest absolute Gasteiger partial charge is 0.264 e. The summed E-state index contributed by atoms with van der Waals surface area (Å²) in [5.41, 5.74) is 3.56. The first-order chi connectivity index (χ1) is 15.0. The molecule has 0 bridgehead atoms. The van der Waals surface area contributed by atoms with Gasteiger partial charge < -0.3 is 10.1 Å². The zero-order chi connectivity index (χ0) is 21.8. The van der Waals surface area contributed by atoms with E-state index < -0.39 is 0 Å². The quantitative estimate of drug-likeness (QED) is 0.378. The number of aliphatic imine (C=N–C) groups is 1. The molecule has 1 aliphatic rings. The maximum Gasteiger partial charge on any atom is 0.264 e. The zero-order valence-corrected chi connectivity index (χ0v) is 19.7. The molecule has 0 atom stereocenters. The Morgan fingerprint density at radius 3 is 2.68 bits per heavy atom.